The Labute approximate surface area is 175 Å². The minimum absolute atomic E-state index is 0.206. The van der Waals surface area contributed by atoms with E-state index < -0.39 is 9.84 Å². The highest BCUT2D eigenvalue weighted by molar-refractivity contribution is 7.90. The SMILES string of the molecule is COc1ccc(COc2cc(-c3cnn(C)c3CC3CC3)nc(S(C)(=O)=O)n2)cc1. The van der Waals surface area contributed by atoms with E-state index in [9.17, 15) is 8.42 Å². The van der Waals surface area contributed by atoms with E-state index in [1.165, 1.54) is 12.8 Å². The maximum Gasteiger partial charge on any atom is 0.250 e. The summed E-state index contributed by atoms with van der Waals surface area (Å²) in [5.41, 5.74) is 3.26. The molecule has 1 saturated carbocycles. The maximum atomic E-state index is 12.2. The predicted octanol–water partition coefficient (Wildman–Crippen LogP) is 2.82. The third kappa shape index (κ3) is 4.62. The number of aromatic nitrogens is 4. The smallest absolute Gasteiger partial charge is 0.250 e. The van der Waals surface area contributed by atoms with Gasteiger partial charge in [0.05, 0.1) is 19.0 Å². The van der Waals surface area contributed by atoms with E-state index in [2.05, 4.69) is 15.1 Å². The molecule has 0 N–H and O–H groups in total. The monoisotopic (exact) mass is 428 g/mol. The first-order valence-corrected chi connectivity index (χ1v) is 11.6. The van der Waals surface area contributed by atoms with Crippen LogP contribution in [0.4, 0.5) is 0 Å². The summed E-state index contributed by atoms with van der Waals surface area (Å²) in [6, 6.07) is 9.11. The Morgan fingerprint density at radius 1 is 1.17 bits per heavy atom. The highest BCUT2D eigenvalue weighted by atomic mass is 32.2. The zero-order valence-corrected chi connectivity index (χ0v) is 18.0. The fraction of sp³-hybridized carbons (Fsp3) is 0.381. The number of aryl methyl sites for hydroxylation is 1. The van der Waals surface area contributed by atoms with Crippen molar-refractivity contribution in [2.75, 3.05) is 13.4 Å². The quantitative estimate of drug-likeness (QED) is 0.509. The molecule has 0 spiro atoms. The van der Waals surface area contributed by atoms with E-state index >= 15 is 0 Å². The van der Waals surface area contributed by atoms with E-state index in [1.54, 1.807) is 19.4 Å². The Kier molecular flexibility index (Phi) is 5.46. The van der Waals surface area contributed by atoms with Crippen molar-refractivity contribution in [3.63, 3.8) is 0 Å². The summed E-state index contributed by atoms with van der Waals surface area (Å²) >= 11 is 0. The topological polar surface area (TPSA) is 96.2 Å². The molecule has 1 aromatic carbocycles. The summed E-state index contributed by atoms with van der Waals surface area (Å²) in [6.45, 7) is 0.242. The average Bonchev–Trinajstić information content (AvgIpc) is 3.48. The highest BCUT2D eigenvalue weighted by Crippen LogP contribution is 2.35. The number of rotatable bonds is 8. The van der Waals surface area contributed by atoms with Gasteiger partial charge in [-0.15, -0.1) is 0 Å². The molecule has 1 fully saturated rings. The van der Waals surface area contributed by atoms with Gasteiger partial charge in [0.15, 0.2) is 0 Å². The molecule has 2 heterocycles. The van der Waals surface area contributed by atoms with Crippen molar-refractivity contribution in [3.8, 4) is 22.9 Å². The van der Waals surface area contributed by atoms with Crippen molar-refractivity contribution < 1.29 is 17.9 Å². The van der Waals surface area contributed by atoms with Crippen LogP contribution in [0, 0.1) is 5.92 Å². The molecular formula is C21H24N4O4S. The van der Waals surface area contributed by atoms with Crippen molar-refractivity contribution in [1.82, 2.24) is 19.7 Å². The van der Waals surface area contributed by atoms with Crippen LogP contribution in [0.2, 0.25) is 0 Å². The lowest BCUT2D eigenvalue weighted by molar-refractivity contribution is 0.290. The standard InChI is InChI=1S/C21H24N4O4S/c1-25-19(10-14-4-5-14)17(12-22-25)18-11-20(24-21(23-18)30(3,26)27)29-13-15-6-8-16(28-2)9-7-15/h6-9,11-12,14H,4-5,10,13H2,1-3H3. The van der Waals surface area contributed by atoms with Crippen LogP contribution in [0.25, 0.3) is 11.3 Å². The molecule has 9 heteroatoms. The van der Waals surface area contributed by atoms with Crippen LogP contribution >= 0.6 is 0 Å². The number of benzene rings is 1. The summed E-state index contributed by atoms with van der Waals surface area (Å²) in [7, 11) is -0.113. The summed E-state index contributed by atoms with van der Waals surface area (Å²) < 4.78 is 37.2. The van der Waals surface area contributed by atoms with E-state index in [1.807, 2.05) is 36.0 Å². The van der Waals surface area contributed by atoms with Crippen molar-refractivity contribution >= 4 is 9.84 Å². The molecule has 3 aromatic rings. The van der Waals surface area contributed by atoms with Gasteiger partial charge in [-0.1, -0.05) is 12.1 Å². The summed E-state index contributed by atoms with van der Waals surface area (Å²) in [5, 5.41) is 4.10. The normalized spacial score (nSPS) is 14.0. The fourth-order valence-electron chi connectivity index (χ4n) is 3.17. The Morgan fingerprint density at radius 2 is 1.90 bits per heavy atom. The molecule has 1 aliphatic carbocycles. The molecular weight excluding hydrogens is 404 g/mol. The van der Waals surface area contributed by atoms with Crippen molar-refractivity contribution in [3.05, 3.63) is 47.8 Å². The second-order valence-electron chi connectivity index (χ2n) is 7.56. The van der Waals surface area contributed by atoms with Crippen LogP contribution in [0.1, 0.15) is 24.1 Å². The molecule has 1 aliphatic rings. The number of hydrogen-bond donors (Lipinski definition) is 0. The Morgan fingerprint density at radius 3 is 2.53 bits per heavy atom. The van der Waals surface area contributed by atoms with Crippen LogP contribution in [0.15, 0.2) is 41.7 Å². The molecule has 0 unspecified atom stereocenters. The van der Waals surface area contributed by atoms with Crippen LogP contribution in [0.3, 0.4) is 0 Å². The van der Waals surface area contributed by atoms with Crippen molar-refractivity contribution in [2.45, 2.75) is 31.0 Å². The Balaban J connectivity index is 1.66. The second-order valence-corrected chi connectivity index (χ2v) is 9.47. The van der Waals surface area contributed by atoms with Gasteiger partial charge in [0.1, 0.15) is 12.4 Å². The lowest BCUT2D eigenvalue weighted by atomic mass is 10.1. The number of ether oxygens (including phenoxy) is 2. The van der Waals surface area contributed by atoms with E-state index in [0.29, 0.717) is 11.6 Å². The van der Waals surface area contributed by atoms with Gasteiger partial charge in [-0.05, 0) is 42.9 Å². The number of nitrogens with zero attached hydrogens (tertiary/aromatic N) is 4. The summed E-state index contributed by atoms with van der Waals surface area (Å²) in [4.78, 5) is 8.42. The zero-order valence-electron chi connectivity index (χ0n) is 17.2. The average molecular weight is 429 g/mol. The van der Waals surface area contributed by atoms with Gasteiger partial charge in [0.25, 0.3) is 5.16 Å². The first kappa shape index (κ1) is 20.3. The minimum Gasteiger partial charge on any atom is -0.497 e. The molecule has 0 radical (unpaired) electrons. The number of sulfone groups is 1. The summed E-state index contributed by atoms with van der Waals surface area (Å²) in [6.07, 6.45) is 6.12. The molecule has 4 rings (SSSR count). The highest BCUT2D eigenvalue weighted by Gasteiger charge is 2.26. The molecule has 0 saturated heterocycles. The zero-order chi connectivity index (χ0) is 21.3. The van der Waals surface area contributed by atoms with Gasteiger partial charge >= 0.3 is 0 Å². The maximum absolute atomic E-state index is 12.2. The molecule has 30 heavy (non-hydrogen) atoms. The second kappa shape index (κ2) is 8.06. The van der Waals surface area contributed by atoms with Crippen LogP contribution in [0.5, 0.6) is 11.6 Å². The predicted molar refractivity (Wildman–Crippen MR) is 111 cm³/mol. The molecule has 0 atom stereocenters. The van der Waals surface area contributed by atoms with Gasteiger partial charge in [0, 0.05) is 30.6 Å². The lowest BCUT2D eigenvalue weighted by Crippen LogP contribution is -2.08. The first-order valence-electron chi connectivity index (χ1n) is 9.69. The van der Waals surface area contributed by atoms with Gasteiger partial charge in [-0.2, -0.15) is 10.1 Å². The lowest BCUT2D eigenvalue weighted by Gasteiger charge is -2.10. The third-order valence-electron chi connectivity index (χ3n) is 5.08. The third-order valence-corrected chi connectivity index (χ3v) is 5.92. The molecule has 2 aromatic heterocycles. The van der Waals surface area contributed by atoms with Gasteiger partial charge in [-0.25, -0.2) is 13.4 Å². The Hall–Kier alpha value is -2.94. The number of methoxy groups -OCH3 is 1. The summed E-state index contributed by atoms with van der Waals surface area (Å²) in [5.74, 6) is 1.61. The van der Waals surface area contributed by atoms with Crippen molar-refractivity contribution in [1.29, 1.82) is 0 Å². The molecule has 158 valence electrons. The molecule has 0 aliphatic heterocycles. The van der Waals surface area contributed by atoms with E-state index in [-0.39, 0.29) is 17.6 Å². The molecule has 0 amide bonds. The largest absolute Gasteiger partial charge is 0.497 e. The first-order chi connectivity index (χ1) is 14.3. The molecule has 8 nitrogen and oxygen atoms in total. The van der Waals surface area contributed by atoms with Gasteiger partial charge in [0.2, 0.25) is 15.7 Å². The van der Waals surface area contributed by atoms with Crippen LogP contribution in [-0.2, 0) is 29.9 Å². The fourth-order valence-corrected chi connectivity index (χ4v) is 3.69. The Bertz CT molecular complexity index is 1150. The van der Waals surface area contributed by atoms with Crippen LogP contribution < -0.4 is 9.47 Å². The van der Waals surface area contributed by atoms with Gasteiger partial charge in [-0.3, -0.25) is 4.68 Å². The van der Waals surface area contributed by atoms with E-state index in [0.717, 1.165) is 35.2 Å². The molecule has 0 bridgehead atoms. The van der Waals surface area contributed by atoms with E-state index in [4.69, 9.17) is 9.47 Å². The van der Waals surface area contributed by atoms with Crippen LogP contribution in [-0.4, -0.2) is 41.5 Å². The van der Waals surface area contributed by atoms with Gasteiger partial charge < -0.3 is 9.47 Å². The number of hydrogen-bond acceptors (Lipinski definition) is 7. The minimum atomic E-state index is -3.61. The van der Waals surface area contributed by atoms with Crippen molar-refractivity contribution in [2.24, 2.45) is 13.0 Å².